The quantitative estimate of drug-likeness (QED) is 0.622. The van der Waals surface area contributed by atoms with E-state index in [4.69, 9.17) is 16.3 Å². The van der Waals surface area contributed by atoms with Gasteiger partial charge in [-0.15, -0.1) is 11.3 Å². The van der Waals surface area contributed by atoms with Crippen molar-refractivity contribution >= 4 is 43.1 Å². The average molecular weight is 291 g/mol. The highest BCUT2D eigenvalue weighted by atomic mass is 35.5. The summed E-state index contributed by atoms with van der Waals surface area (Å²) in [5.41, 5.74) is 0.901. The molecule has 1 heterocycles. The number of halogens is 1. The van der Waals surface area contributed by atoms with Crippen molar-refractivity contribution in [3.63, 3.8) is 0 Å². The van der Waals surface area contributed by atoms with Crippen LogP contribution in [0.4, 0.5) is 0 Å². The van der Waals surface area contributed by atoms with Crippen LogP contribution in [0.15, 0.2) is 35.1 Å². The van der Waals surface area contributed by atoms with E-state index >= 15 is 0 Å². The van der Waals surface area contributed by atoms with Crippen molar-refractivity contribution in [2.75, 3.05) is 7.11 Å². The molecule has 0 N–H and O–H groups in total. The molecular weight excluding hydrogens is 280 g/mol. The van der Waals surface area contributed by atoms with Crippen LogP contribution in [0.3, 0.4) is 0 Å². The molecule has 0 spiro atoms. The predicted octanol–water partition coefficient (Wildman–Crippen LogP) is 4.39. The maximum absolute atomic E-state index is 12.6. The number of hydrogen-bond donors (Lipinski definition) is 0. The topological polar surface area (TPSA) is 26.3 Å². The molecule has 0 aliphatic heterocycles. The highest BCUT2D eigenvalue weighted by Crippen LogP contribution is 2.38. The van der Waals surface area contributed by atoms with Crippen LogP contribution in [0.5, 0.6) is 5.75 Å². The zero-order chi connectivity index (χ0) is 13.6. The summed E-state index contributed by atoms with van der Waals surface area (Å²) in [5.74, 6) is 0.729. The highest BCUT2D eigenvalue weighted by molar-refractivity contribution is 7.25. The van der Waals surface area contributed by atoms with Gasteiger partial charge in [0, 0.05) is 10.1 Å². The first kappa shape index (κ1) is 12.5. The third-order valence-corrected chi connectivity index (χ3v) is 4.62. The molecule has 0 radical (unpaired) electrons. The standard InChI is InChI=1S/C15H11ClO2S/c1-8-7-10(16)12-13(17)9-5-3-4-6-11(9)19-15(12)14(8)18-2/h3-7H,1-2H3. The summed E-state index contributed by atoms with van der Waals surface area (Å²) >= 11 is 7.78. The van der Waals surface area contributed by atoms with E-state index in [1.165, 1.54) is 11.3 Å². The molecule has 0 saturated carbocycles. The fourth-order valence-corrected chi connectivity index (χ4v) is 3.96. The molecule has 0 fully saturated rings. The Hall–Kier alpha value is -1.58. The maximum Gasteiger partial charge on any atom is 0.197 e. The second-order valence-electron chi connectivity index (χ2n) is 4.34. The van der Waals surface area contributed by atoms with E-state index in [1.54, 1.807) is 13.2 Å². The summed E-state index contributed by atoms with van der Waals surface area (Å²) in [4.78, 5) is 12.6. The highest BCUT2D eigenvalue weighted by Gasteiger charge is 2.15. The van der Waals surface area contributed by atoms with Gasteiger partial charge < -0.3 is 4.74 Å². The van der Waals surface area contributed by atoms with Crippen molar-refractivity contribution < 1.29 is 4.74 Å². The third-order valence-electron chi connectivity index (χ3n) is 3.15. The van der Waals surface area contributed by atoms with Crippen molar-refractivity contribution in [3.05, 3.63) is 51.1 Å². The fourth-order valence-electron chi connectivity index (χ4n) is 2.28. The molecule has 0 bridgehead atoms. The van der Waals surface area contributed by atoms with E-state index in [-0.39, 0.29) is 5.43 Å². The molecule has 3 aromatic rings. The minimum absolute atomic E-state index is 0.0346. The number of fused-ring (bicyclic) bond motifs is 2. The maximum atomic E-state index is 12.6. The van der Waals surface area contributed by atoms with Gasteiger partial charge in [-0.2, -0.15) is 0 Å². The Balaban J connectivity index is 2.65. The predicted molar refractivity (Wildman–Crippen MR) is 81.9 cm³/mol. The second-order valence-corrected chi connectivity index (χ2v) is 5.80. The average Bonchev–Trinajstić information content (AvgIpc) is 2.39. The van der Waals surface area contributed by atoms with Crippen LogP contribution >= 0.6 is 22.9 Å². The van der Waals surface area contributed by atoms with Gasteiger partial charge in [0.2, 0.25) is 0 Å². The SMILES string of the molecule is COc1c(C)cc(Cl)c2c(=O)c3ccccc3sc12. The fraction of sp³-hybridized carbons (Fsp3) is 0.133. The van der Waals surface area contributed by atoms with Crippen LogP contribution in [0.1, 0.15) is 5.56 Å². The zero-order valence-electron chi connectivity index (χ0n) is 10.5. The van der Waals surface area contributed by atoms with E-state index < -0.39 is 0 Å². The van der Waals surface area contributed by atoms with Gasteiger partial charge in [-0.3, -0.25) is 4.79 Å². The molecular formula is C15H11ClO2S. The summed E-state index contributed by atoms with van der Waals surface area (Å²) in [6.45, 7) is 1.93. The lowest BCUT2D eigenvalue weighted by Gasteiger charge is -2.10. The summed E-state index contributed by atoms with van der Waals surface area (Å²) in [7, 11) is 1.61. The molecule has 4 heteroatoms. The summed E-state index contributed by atoms with van der Waals surface area (Å²) in [5, 5.41) is 1.74. The Morgan fingerprint density at radius 3 is 2.74 bits per heavy atom. The minimum atomic E-state index is -0.0346. The Morgan fingerprint density at radius 2 is 2.00 bits per heavy atom. The second kappa shape index (κ2) is 4.51. The number of hydrogen-bond acceptors (Lipinski definition) is 3. The minimum Gasteiger partial charge on any atom is -0.495 e. The molecule has 2 nitrogen and oxygen atoms in total. The largest absolute Gasteiger partial charge is 0.495 e. The first-order chi connectivity index (χ1) is 9.13. The molecule has 0 amide bonds. The zero-order valence-corrected chi connectivity index (χ0v) is 12.1. The van der Waals surface area contributed by atoms with Crippen LogP contribution in [0.25, 0.3) is 20.2 Å². The van der Waals surface area contributed by atoms with Crippen LogP contribution in [0, 0.1) is 6.92 Å². The van der Waals surface area contributed by atoms with E-state index in [0.29, 0.717) is 15.8 Å². The Bertz CT molecular complexity index is 852. The molecule has 1 aromatic heterocycles. The molecule has 0 unspecified atom stereocenters. The van der Waals surface area contributed by atoms with Gasteiger partial charge in [0.15, 0.2) is 5.43 Å². The van der Waals surface area contributed by atoms with Gasteiger partial charge >= 0.3 is 0 Å². The van der Waals surface area contributed by atoms with Crippen molar-refractivity contribution in [2.24, 2.45) is 0 Å². The van der Waals surface area contributed by atoms with Crippen LogP contribution in [0.2, 0.25) is 5.02 Å². The molecule has 0 saturated heterocycles. The number of methoxy groups -OCH3 is 1. The normalized spacial score (nSPS) is 11.1. The molecule has 0 aliphatic carbocycles. The Labute approximate surface area is 119 Å². The van der Waals surface area contributed by atoms with E-state index in [0.717, 1.165) is 20.7 Å². The Kier molecular flexibility index (Phi) is 2.96. The number of rotatable bonds is 1. The number of aryl methyl sites for hydroxylation is 1. The van der Waals surface area contributed by atoms with Crippen molar-refractivity contribution in [1.82, 2.24) is 0 Å². The van der Waals surface area contributed by atoms with E-state index in [2.05, 4.69) is 0 Å². The molecule has 2 aromatic carbocycles. The number of ether oxygens (including phenoxy) is 1. The molecule has 0 aliphatic rings. The van der Waals surface area contributed by atoms with Gasteiger partial charge in [0.1, 0.15) is 5.75 Å². The van der Waals surface area contributed by atoms with Crippen molar-refractivity contribution in [3.8, 4) is 5.75 Å². The lowest BCUT2D eigenvalue weighted by atomic mass is 10.1. The van der Waals surface area contributed by atoms with E-state index in [1.807, 2.05) is 31.2 Å². The van der Waals surface area contributed by atoms with Crippen LogP contribution in [-0.4, -0.2) is 7.11 Å². The molecule has 96 valence electrons. The number of benzene rings is 2. The summed E-state index contributed by atoms with van der Waals surface area (Å²) in [6, 6.07) is 9.34. The van der Waals surface area contributed by atoms with Gasteiger partial charge in [0.25, 0.3) is 0 Å². The Morgan fingerprint density at radius 1 is 1.26 bits per heavy atom. The van der Waals surface area contributed by atoms with Crippen molar-refractivity contribution in [1.29, 1.82) is 0 Å². The monoisotopic (exact) mass is 290 g/mol. The van der Waals surface area contributed by atoms with Gasteiger partial charge in [-0.05, 0) is 30.7 Å². The van der Waals surface area contributed by atoms with Crippen LogP contribution in [-0.2, 0) is 0 Å². The molecule has 19 heavy (non-hydrogen) atoms. The lowest BCUT2D eigenvalue weighted by molar-refractivity contribution is 0.417. The smallest absolute Gasteiger partial charge is 0.197 e. The summed E-state index contributed by atoms with van der Waals surface area (Å²) < 4.78 is 7.19. The first-order valence-corrected chi connectivity index (χ1v) is 7.01. The summed E-state index contributed by atoms with van der Waals surface area (Å²) in [6.07, 6.45) is 0. The molecule has 3 rings (SSSR count). The van der Waals surface area contributed by atoms with Gasteiger partial charge in [-0.25, -0.2) is 0 Å². The van der Waals surface area contributed by atoms with Crippen molar-refractivity contribution in [2.45, 2.75) is 6.92 Å². The van der Waals surface area contributed by atoms with E-state index in [9.17, 15) is 4.79 Å². The lowest BCUT2D eigenvalue weighted by Crippen LogP contribution is -2.03. The van der Waals surface area contributed by atoms with Crippen LogP contribution < -0.4 is 10.2 Å². The molecule has 0 atom stereocenters. The van der Waals surface area contributed by atoms with Gasteiger partial charge in [-0.1, -0.05) is 23.7 Å². The van der Waals surface area contributed by atoms with Gasteiger partial charge in [0.05, 0.1) is 22.2 Å². The first-order valence-electron chi connectivity index (χ1n) is 5.82. The third kappa shape index (κ3) is 1.81.